The van der Waals surface area contributed by atoms with Crippen LogP contribution in [-0.4, -0.2) is 4.40 Å². The fourth-order valence-electron chi connectivity index (χ4n) is 1.29. The van der Waals surface area contributed by atoms with Crippen molar-refractivity contribution in [3.8, 4) is 0 Å². The Hall–Kier alpha value is -0.760. The van der Waals surface area contributed by atoms with E-state index < -0.39 is 0 Å². The predicted molar refractivity (Wildman–Crippen MR) is 49.8 cm³/mol. The zero-order valence-corrected chi connectivity index (χ0v) is 7.80. The Morgan fingerprint density at radius 1 is 1.18 bits per heavy atom. The zero-order valence-electron chi connectivity index (χ0n) is 6.21. The Kier molecular flexibility index (Phi) is 1.50. The van der Waals surface area contributed by atoms with Gasteiger partial charge >= 0.3 is 0 Å². The van der Waals surface area contributed by atoms with E-state index in [1.807, 2.05) is 0 Å². The van der Waals surface area contributed by atoms with Gasteiger partial charge in [0.15, 0.2) is 0 Å². The summed E-state index contributed by atoms with van der Waals surface area (Å²) in [6.45, 7) is 2.09. The van der Waals surface area contributed by atoms with Gasteiger partial charge < -0.3 is 4.40 Å². The van der Waals surface area contributed by atoms with E-state index in [2.05, 4.69) is 57.6 Å². The summed E-state index contributed by atoms with van der Waals surface area (Å²) in [6.07, 6.45) is 0. The van der Waals surface area contributed by atoms with E-state index in [0.29, 0.717) is 0 Å². The van der Waals surface area contributed by atoms with Gasteiger partial charge in [0.1, 0.15) is 0 Å². The Bertz CT molecular complexity index is 389. The Balaban J connectivity index is 2.96. The van der Waals surface area contributed by atoms with Crippen LogP contribution >= 0.6 is 15.9 Å². The molecule has 0 radical (unpaired) electrons. The number of fused-ring (bicyclic) bond motifs is 1. The molecule has 0 saturated heterocycles. The van der Waals surface area contributed by atoms with Crippen molar-refractivity contribution >= 4 is 21.4 Å². The van der Waals surface area contributed by atoms with Crippen LogP contribution in [0, 0.1) is 6.92 Å². The predicted octanol–water partition coefficient (Wildman–Crippen LogP) is 3.01. The first kappa shape index (κ1) is 6.92. The van der Waals surface area contributed by atoms with Crippen molar-refractivity contribution in [2.45, 2.75) is 6.92 Å². The van der Waals surface area contributed by atoms with Gasteiger partial charge in [-0.1, -0.05) is 6.07 Å². The summed E-state index contributed by atoms with van der Waals surface area (Å²) in [5, 5.41) is 0. The van der Waals surface area contributed by atoms with E-state index in [1.54, 1.807) is 0 Å². The number of nitrogens with zero attached hydrogens (tertiary/aromatic N) is 1. The monoisotopic (exact) mass is 209 g/mol. The smallest absolute Gasteiger partial charge is 0.0894 e. The molecule has 2 rings (SSSR count). The SMILES string of the molecule is Cc1cccc2ccc(Br)n12. The summed E-state index contributed by atoms with van der Waals surface area (Å²) in [5.41, 5.74) is 2.48. The zero-order chi connectivity index (χ0) is 7.84. The highest BCUT2D eigenvalue weighted by Crippen LogP contribution is 2.17. The van der Waals surface area contributed by atoms with Gasteiger partial charge in [0.25, 0.3) is 0 Å². The maximum absolute atomic E-state index is 3.48. The van der Waals surface area contributed by atoms with Gasteiger partial charge in [-0.25, -0.2) is 0 Å². The molecule has 0 aromatic carbocycles. The average molecular weight is 210 g/mol. The van der Waals surface area contributed by atoms with Gasteiger partial charge in [0, 0.05) is 11.2 Å². The van der Waals surface area contributed by atoms with Crippen LogP contribution in [0.25, 0.3) is 5.52 Å². The second-order valence-corrected chi connectivity index (χ2v) is 3.40. The molecule has 56 valence electrons. The van der Waals surface area contributed by atoms with Crippen molar-refractivity contribution in [3.63, 3.8) is 0 Å². The molecule has 0 saturated carbocycles. The van der Waals surface area contributed by atoms with Crippen molar-refractivity contribution in [2.24, 2.45) is 0 Å². The highest BCUT2D eigenvalue weighted by Gasteiger charge is 1.98. The van der Waals surface area contributed by atoms with Crippen molar-refractivity contribution in [2.75, 3.05) is 0 Å². The van der Waals surface area contributed by atoms with Crippen LogP contribution in [0.15, 0.2) is 34.9 Å². The van der Waals surface area contributed by atoms with Crippen LogP contribution in [-0.2, 0) is 0 Å². The first-order valence-corrected chi connectivity index (χ1v) is 4.31. The van der Waals surface area contributed by atoms with Gasteiger partial charge in [-0.15, -0.1) is 0 Å². The molecule has 0 bridgehead atoms. The minimum atomic E-state index is 1.12. The quantitative estimate of drug-likeness (QED) is 0.629. The van der Waals surface area contributed by atoms with Crippen LogP contribution < -0.4 is 0 Å². The first-order valence-electron chi connectivity index (χ1n) is 3.51. The van der Waals surface area contributed by atoms with Crippen LogP contribution in [0.1, 0.15) is 5.69 Å². The van der Waals surface area contributed by atoms with Gasteiger partial charge in [-0.3, -0.25) is 0 Å². The Morgan fingerprint density at radius 2 is 2.00 bits per heavy atom. The number of pyridine rings is 1. The molecule has 0 fully saturated rings. The molecule has 0 aliphatic carbocycles. The first-order chi connectivity index (χ1) is 5.29. The minimum absolute atomic E-state index is 1.12. The van der Waals surface area contributed by atoms with E-state index in [0.717, 1.165) is 4.60 Å². The molecule has 11 heavy (non-hydrogen) atoms. The van der Waals surface area contributed by atoms with Crippen molar-refractivity contribution < 1.29 is 0 Å². The lowest BCUT2D eigenvalue weighted by molar-refractivity contribution is 1.07. The van der Waals surface area contributed by atoms with Crippen molar-refractivity contribution in [1.82, 2.24) is 4.40 Å². The number of aromatic nitrogens is 1. The molecule has 1 nitrogen and oxygen atoms in total. The largest absolute Gasteiger partial charge is 0.308 e. The Labute approximate surface area is 73.8 Å². The van der Waals surface area contributed by atoms with Gasteiger partial charge in [0.05, 0.1) is 4.60 Å². The molecule has 2 heterocycles. The fourth-order valence-corrected chi connectivity index (χ4v) is 1.91. The molecular weight excluding hydrogens is 202 g/mol. The summed E-state index contributed by atoms with van der Waals surface area (Å²) < 4.78 is 3.28. The number of halogens is 1. The molecule has 0 N–H and O–H groups in total. The maximum atomic E-state index is 3.48. The molecule has 0 spiro atoms. The summed E-state index contributed by atoms with van der Waals surface area (Å²) in [4.78, 5) is 0. The maximum Gasteiger partial charge on any atom is 0.0894 e. The van der Waals surface area contributed by atoms with E-state index in [1.165, 1.54) is 11.2 Å². The number of hydrogen-bond donors (Lipinski definition) is 0. The lowest BCUT2D eigenvalue weighted by atomic mass is 10.3. The van der Waals surface area contributed by atoms with Crippen LogP contribution in [0.5, 0.6) is 0 Å². The second-order valence-electron chi connectivity index (χ2n) is 2.58. The Morgan fingerprint density at radius 3 is 2.73 bits per heavy atom. The summed E-state index contributed by atoms with van der Waals surface area (Å²) >= 11 is 3.48. The molecule has 0 amide bonds. The molecule has 0 atom stereocenters. The topological polar surface area (TPSA) is 4.41 Å². The molecular formula is C9H8BrN. The number of rotatable bonds is 0. The van der Waals surface area contributed by atoms with E-state index in [4.69, 9.17) is 0 Å². The second kappa shape index (κ2) is 2.38. The number of hydrogen-bond acceptors (Lipinski definition) is 0. The highest BCUT2D eigenvalue weighted by molar-refractivity contribution is 9.10. The molecule has 2 aromatic heterocycles. The standard InChI is InChI=1S/C9H8BrN/c1-7-3-2-4-8-5-6-9(10)11(7)8/h2-6H,1H3. The van der Waals surface area contributed by atoms with Gasteiger partial charge in [-0.2, -0.15) is 0 Å². The minimum Gasteiger partial charge on any atom is -0.308 e. The summed E-state index contributed by atoms with van der Waals surface area (Å²) in [5.74, 6) is 0. The van der Waals surface area contributed by atoms with Crippen LogP contribution in [0.3, 0.4) is 0 Å². The highest BCUT2D eigenvalue weighted by atomic mass is 79.9. The summed E-state index contributed by atoms with van der Waals surface area (Å²) in [6, 6.07) is 10.4. The molecule has 0 aliphatic rings. The van der Waals surface area contributed by atoms with Gasteiger partial charge in [-0.05, 0) is 47.1 Å². The lowest BCUT2D eigenvalue weighted by Crippen LogP contribution is -1.88. The molecule has 0 unspecified atom stereocenters. The van der Waals surface area contributed by atoms with Crippen molar-refractivity contribution in [3.05, 3.63) is 40.6 Å². The van der Waals surface area contributed by atoms with Gasteiger partial charge in [0.2, 0.25) is 0 Å². The third-order valence-electron chi connectivity index (χ3n) is 1.82. The summed E-state index contributed by atoms with van der Waals surface area (Å²) in [7, 11) is 0. The number of aryl methyl sites for hydroxylation is 1. The molecule has 2 heteroatoms. The average Bonchev–Trinajstić information content (AvgIpc) is 2.34. The fraction of sp³-hybridized carbons (Fsp3) is 0.111. The normalized spacial score (nSPS) is 10.7. The third-order valence-corrected chi connectivity index (χ3v) is 2.44. The third kappa shape index (κ3) is 0.979. The molecule has 2 aromatic rings. The van der Waals surface area contributed by atoms with E-state index in [-0.39, 0.29) is 0 Å². The van der Waals surface area contributed by atoms with Crippen molar-refractivity contribution in [1.29, 1.82) is 0 Å². The van der Waals surface area contributed by atoms with E-state index >= 15 is 0 Å². The van der Waals surface area contributed by atoms with Crippen LogP contribution in [0.4, 0.5) is 0 Å². The molecule has 0 aliphatic heterocycles. The van der Waals surface area contributed by atoms with E-state index in [9.17, 15) is 0 Å². The van der Waals surface area contributed by atoms with Crippen LogP contribution in [0.2, 0.25) is 0 Å². The lowest BCUT2D eigenvalue weighted by Gasteiger charge is -2.00.